The first-order chi connectivity index (χ1) is 13.6. The number of fused-ring (bicyclic) bond motifs is 4. The number of rotatable bonds is 2. The van der Waals surface area contributed by atoms with Crippen LogP contribution in [0.25, 0.3) is 10.9 Å². The highest BCUT2D eigenvalue weighted by molar-refractivity contribution is 7.89. The molecule has 0 saturated carbocycles. The van der Waals surface area contributed by atoms with Gasteiger partial charge in [0, 0.05) is 42.9 Å². The van der Waals surface area contributed by atoms with Crippen LogP contribution in [0.3, 0.4) is 0 Å². The van der Waals surface area contributed by atoms with E-state index in [0.29, 0.717) is 23.4 Å². The lowest BCUT2D eigenvalue weighted by Crippen LogP contribution is -2.41. The predicted octanol–water partition coefficient (Wildman–Crippen LogP) is 3.37. The van der Waals surface area contributed by atoms with E-state index in [1.165, 1.54) is 11.3 Å². The Kier molecular flexibility index (Phi) is 4.14. The Morgan fingerprint density at radius 1 is 1.04 bits per heavy atom. The second-order valence-electron chi connectivity index (χ2n) is 7.68. The number of para-hydroxylation sites is 1. The summed E-state index contributed by atoms with van der Waals surface area (Å²) in [6.45, 7) is 3.93. The molecule has 1 atom stereocenters. The molecule has 144 valence electrons. The zero-order chi connectivity index (χ0) is 19.3. The maximum atomic E-state index is 13.6. The summed E-state index contributed by atoms with van der Waals surface area (Å²) in [6.07, 6.45) is 3.44. The number of hydrogen-bond acceptors (Lipinski definition) is 4. The predicted molar refractivity (Wildman–Crippen MR) is 111 cm³/mol. The Morgan fingerprint density at radius 3 is 2.79 bits per heavy atom. The highest BCUT2D eigenvalue weighted by Crippen LogP contribution is 2.35. The highest BCUT2D eigenvalue weighted by atomic mass is 32.2. The highest BCUT2D eigenvalue weighted by Gasteiger charge is 2.37. The molecule has 3 aromatic rings. The summed E-state index contributed by atoms with van der Waals surface area (Å²) >= 11 is 0. The van der Waals surface area contributed by atoms with Crippen LogP contribution in [0.5, 0.6) is 0 Å². The number of sulfonamides is 1. The van der Waals surface area contributed by atoms with Gasteiger partial charge in [0.2, 0.25) is 10.0 Å². The van der Waals surface area contributed by atoms with Crippen LogP contribution in [0.1, 0.15) is 17.5 Å². The average molecular weight is 394 g/mol. The quantitative estimate of drug-likeness (QED) is 0.670. The van der Waals surface area contributed by atoms with Crippen LogP contribution in [0.15, 0.2) is 59.6 Å². The Hall–Kier alpha value is -2.44. The summed E-state index contributed by atoms with van der Waals surface area (Å²) in [5.41, 5.74) is 4.32. The van der Waals surface area contributed by atoms with Gasteiger partial charge in [-0.05, 0) is 55.2 Å². The second-order valence-corrected chi connectivity index (χ2v) is 9.58. The minimum atomic E-state index is -3.59. The molecule has 28 heavy (non-hydrogen) atoms. The normalized spacial score (nSPS) is 20.0. The van der Waals surface area contributed by atoms with Crippen molar-refractivity contribution in [3.8, 4) is 0 Å². The van der Waals surface area contributed by atoms with Gasteiger partial charge < -0.3 is 4.90 Å². The van der Waals surface area contributed by atoms with E-state index >= 15 is 0 Å². The van der Waals surface area contributed by atoms with Crippen LogP contribution in [-0.4, -0.2) is 43.4 Å². The van der Waals surface area contributed by atoms with Gasteiger partial charge in [-0.25, -0.2) is 8.42 Å². The second kappa shape index (κ2) is 6.57. The summed E-state index contributed by atoms with van der Waals surface area (Å²) in [5, 5.41) is 0.707. The SMILES string of the molecule is Cc1ccc(S(=O)(=O)N2CCCN3c4ccccc4CC3C2)c2cccnc12. The van der Waals surface area contributed by atoms with E-state index < -0.39 is 10.0 Å². The lowest BCUT2D eigenvalue weighted by Gasteiger charge is -2.27. The third-order valence-corrected chi connectivity index (χ3v) is 7.89. The van der Waals surface area contributed by atoms with Gasteiger partial charge in [0.05, 0.1) is 10.4 Å². The first-order valence-corrected chi connectivity index (χ1v) is 11.2. The number of benzene rings is 2. The molecular weight excluding hydrogens is 370 g/mol. The van der Waals surface area contributed by atoms with Crippen molar-refractivity contribution in [2.75, 3.05) is 24.5 Å². The molecule has 2 aliphatic rings. The molecule has 1 aromatic heterocycles. The zero-order valence-corrected chi connectivity index (χ0v) is 16.7. The minimum Gasteiger partial charge on any atom is -0.367 e. The van der Waals surface area contributed by atoms with Gasteiger partial charge in [0.15, 0.2) is 0 Å². The van der Waals surface area contributed by atoms with Crippen molar-refractivity contribution in [3.63, 3.8) is 0 Å². The molecule has 6 heteroatoms. The summed E-state index contributed by atoms with van der Waals surface area (Å²) < 4.78 is 28.9. The molecule has 0 spiro atoms. The van der Waals surface area contributed by atoms with Crippen molar-refractivity contribution >= 4 is 26.6 Å². The number of anilines is 1. The molecule has 0 aliphatic carbocycles. The lowest BCUT2D eigenvalue weighted by atomic mass is 10.1. The number of aromatic nitrogens is 1. The smallest absolute Gasteiger partial charge is 0.243 e. The molecule has 0 N–H and O–H groups in total. The van der Waals surface area contributed by atoms with Gasteiger partial charge in [0.25, 0.3) is 0 Å². The minimum absolute atomic E-state index is 0.199. The fourth-order valence-electron chi connectivity index (χ4n) is 4.60. The van der Waals surface area contributed by atoms with Crippen molar-refractivity contribution in [3.05, 3.63) is 65.9 Å². The third kappa shape index (κ3) is 2.71. The maximum absolute atomic E-state index is 13.6. The van der Waals surface area contributed by atoms with Crippen LogP contribution in [0.2, 0.25) is 0 Å². The summed E-state index contributed by atoms with van der Waals surface area (Å²) in [6, 6.07) is 15.9. The fraction of sp³-hybridized carbons (Fsp3) is 0.318. The molecular formula is C22H23N3O2S. The van der Waals surface area contributed by atoms with Crippen molar-refractivity contribution in [1.29, 1.82) is 0 Å². The topological polar surface area (TPSA) is 53.5 Å². The third-order valence-electron chi connectivity index (χ3n) is 5.97. The number of aryl methyl sites for hydroxylation is 1. The van der Waals surface area contributed by atoms with E-state index in [9.17, 15) is 8.42 Å². The molecule has 0 amide bonds. The molecule has 0 radical (unpaired) electrons. The van der Waals surface area contributed by atoms with Crippen LogP contribution < -0.4 is 4.90 Å². The van der Waals surface area contributed by atoms with Gasteiger partial charge in [-0.3, -0.25) is 4.98 Å². The van der Waals surface area contributed by atoms with Crippen molar-refractivity contribution in [2.24, 2.45) is 0 Å². The van der Waals surface area contributed by atoms with E-state index in [1.807, 2.05) is 19.1 Å². The molecule has 0 bridgehead atoms. The fourth-order valence-corrected chi connectivity index (χ4v) is 6.30. The summed E-state index contributed by atoms with van der Waals surface area (Å²) in [7, 11) is -3.59. The Labute approximate surface area is 165 Å². The Morgan fingerprint density at radius 2 is 1.89 bits per heavy atom. The van der Waals surface area contributed by atoms with E-state index in [-0.39, 0.29) is 6.04 Å². The molecule has 1 saturated heterocycles. The molecule has 3 heterocycles. The van der Waals surface area contributed by atoms with Crippen molar-refractivity contribution in [2.45, 2.75) is 30.7 Å². The van der Waals surface area contributed by atoms with Gasteiger partial charge in [0.1, 0.15) is 0 Å². The molecule has 2 aliphatic heterocycles. The molecule has 5 rings (SSSR count). The van der Waals surface area contributed by atoms with Crippen LogP contribution >= 0.6 is 0 Å². The maximum Gasteiger partial charge on any atom is 0.243 e. The monoisotopic (exact) mass is 393 g/mol. The number of pyridine rings is 1. The molecule has 1 unspecified atom stereocenters. The van der Waals surface area contributed by atoms with E-state index in [1.54, 1.807) is 22.6 Å². The summed E-state index contributed by atoms with van der Waals surface area (Å²) in [4.78, 5) is 7.16. The van der Waals surface area contributed by atoms with Crippen LogP contribution in [0.4, 0.5) is 5.69 Å². The average Bonchev–Trinajstić information content (AvgIpc) is 2.90. The molecule has 1 fully saturated rings. The molecule has 2 aromatic carbocycles. The standard InChI is InChI=1S/C22H23N3O2S/c1-16-9-10-21(19-7-4-11-23-22(16)19)28(26,27)24-12-5-13-25-18(15-24)14-17-6-2-3-8-20(17)25/h2-4,6-11,18H,5,12-15H2,1H3. The zero-order valence-electron chi connectivity index (χ0n) is 15.9. The Balaban J connectivity index is 1.53. The number of hydrogen-bond donors (Lipinski definition) is 0. The Bertz CT molecular complexity index is 1160. The molecule has 5 nitrogen and oxygen atoms in total. The lowest BCUT2D eigenvalue weighted by molar-refractivity contribution is 0.406. The van der Waals surface area contributed by atoms with Gasteiger partial charge in [-0.2, -0.15) is 4.31 Å². The first kappa shape index (κ1) is 17.6. The van der Waals surface area contributed by atoms with E-state index in [2.05, 4.69) is 34.1 Å². The van der Waals surface area contributed by atoms with Gasteiger partial charge in [-0.1, -0.05) is 24.3 Å². The van der Waals surface area contributed by atoms with Crippen molar-refractivity contribution < 1.29 is 8.42 Å². The number of nitrogens with zero attached hydrogens (tertiary/aromatic N) is 3. The first-order valence-electron chi connectivity index (χ1n) is 9.75. The van der Waals surface area contributed by atoms with Gasteiger partial charge in [-0.15, -0.1) is 0 Å². The van der Waals surface area contributed by atoms with E-state index in [0.717, 1.165) is 30.5 Å². The largest absolute Gasteiger partial charge is 0.367 e. The van der Waals surface area contributed by atoms with E-state index in [4.69, 9.17) is 0 Å². The summed E-state index contributed by atoms with van der Waals surface area (Å²) in [5.74, 6) is 0. The van der Waals surface area contributed by atoms with Gasteiger partial charge >= 0.3 is 0 Å². The van der Waals surface area contributed by atoms with Crippen LogP contribution in [0, 0.1) is 6.92 Å². The van der Waals surface area contributed by atoms with Crippen LogP contribution in [-0.2, 0) is 16.4 Å². The van der Waals surface area contributed by atoms with Crippen molar-refractivity contribution in [1.82, 2.24) is 9.29 Å².